The molecule has 1 saturated heterocycles. The molecule has 0 bridgehead atoms. The first-order valence-electron chi connectivity index (χ1n) is 9.23. The van der Waals surface area contributed by atoms with Crippen LogP contribution in [0.25, 0.3) is 0 Å². The van der Waals surface area contributed by atoms with Crippen molar-refractivity contribution in [3.8, 4) is 0 Å². The molecule has 0 aromatic carbocycles. The topological polar surface area (TPSA) is 80.9 Å². The third kappa shape index (κ3) is 2.25. The average Bonchev–Trinajstić information content (AvgIpc) is 3.32. The lowest BCUT2D eigenvalue weighted by atomic mass is 9.77. The summed E-state index contributed by atoms with van der Waals surface area (Å²) in [6, 6.07) is 0. The molecule has 2 aliphatic heterocycles. The molecule has 2 aromatic heterocycles. The summed E-state index contributed by atoms with van der Waals surface area (Å²) >= 11 is 0. The Bertz CT molecular complexity index is 823. The lowest BCUT2D eigenvalue weighted by Gasteiger charge is -2.40. The maximum Gasteiger partial charge on any atom is 0.274 e. The quantitative estimate of drug-likeness (QED) is 0.818. The van der Waals surface area contributed by atoms with Crippen LogP contribution in [-0.4, -0.2) is 62.8 Å². The molecule has 1 unspecified atom stereocenters. The van der Waals surface area contributed by atoms with Gasteiger partial charge in [-0.1, -0.05) is 0 Å². The van der Waals surface area contributed by atoms with Gasteiger partial charge in [-0.2, -0.15) is 10.2 Å². The molecule has 0 radical (unpaired) electrons. The minimum absolute atomic E-state index is 0.0624. The molecular weight excluding hydrogens is 316 g/mol. The van der Waals surface area contributed by atoms with Gasteiger partial charge in [-0.25, -0.2) is 0 Å². The Hall–Kier alpha value is -2.15. The van der Waals surface area contributed by atoms with E-state index in [2.05, 4.69) is 32.3 Å². The zero-order chi connectivity index (χ0) is 17.0. The lowest BCUT2D eigenvalue weighted by molar-refractivity contribution is 0.0624. The Morgan fingerprint density at radius 3 is 3.08 bits per heavy atom. The van der Waals surface area contributed by atoms with Crippen LogP contribution in [0.1, 0.15) is 52.3 Å². The Labute approximate surface area is 146 Å². The molecule has 2 N–H and O–H groups in total. The number of likely N-dealkylation sites (tertiary alicyclic amines) is 1. The first-order chi connectivity index (χ1) is 12.2. The van der Waals surface area contributed by atoms with Crippen LogP contribution in [0.4, 0.5) is 0 Å². The van der Waals surface area contributed by atoms with E-state index in [0.29, 0.717) is 5.69 Å². The summed E-state index contributed by atoms with van der Waals surface area (Å²) in [6.07, 6.45) is 7.24. The summed E-state index contributed by atoms with van der Waals surface area (Å²) in [5.74, 6) is 0.0832. The molecule has 1 spiro atoms. The third-order valence-electron chi connectivity index (χ3n) is 6.31. The fourth-order valence-corrected chi connectivity index (χ4v) is 4.93. The van der Waals surface area contributed by atoms with Crippen LogP contribution in [0.2, 0.25) is 0 Å². The number of amides is 1. The van der Waals surface area contributed by atoms with Gasteiger partial charge >= 0.3 is 0 Å². The fraction of sp³-hybridized carbons (Fsp3) is 0.611. The number of carbonyl (C=O) groups is 1. The minimum atomic E-state index is 0.0624. The van der Waals surface area contributed by atoms with Gasteiger partial charge in [0.25, 0.3) is 5.91 Å². The number of nitrogens with zero attached hydrogens (tertiary/aromatic N) is 4. The van der Waals surface area contributed by atoms with E-state index in [9.17, 15) is 4.79 Å². The summed E-state index contributed by atoms with van der Waals surface area (Å²) in [5, 5.41) is 14.9. The van der Waals surface area contributed by atoms with E-state index in [0.717, 1.165) is 69.5 Å². The normalized spacial score (nSPS) is 26.0. The van der Waals surface area contributed by atoms with Gasteiger partial charge in [0.2, 0.25) is 0 Å². The smallest absolute Gasteiger partial charge is 0.274 e. The van der Waals surface area contributed by atoms with E-state index in [1.165, 1.54) is 11.3 Å². The van der Waals surface area contributed by atoms with Crippen molar-refractivity contribution in [1.29, 1.82) is 0 Å². The first-order valence-corrected chi connectivity index (χ1v) is 9.23. The molecule has 7 heteroatoms. The minimum Gasteiger partial charge on any atom is -0.336 e. The number of rotatable bonds is 1. The van der Waals surface area contributed by atoms with Crippen molar-refractivity contribution in [2.75, 3.05) is 26.7 Å². The van der Waals surface area contributed by atoms with Gasteiger partial charge in [0.05, 0.1) is 6.20 Å². The zero-order valence-electron chi connectivity index (χ0n) is 14.6. The molecule has 25 heavy (non-hydrogen) atoms. The van der Waals surface area contributed by atoms with Crippen molar-refractivity contribution < 1.29 is 4.79 Å². The van der Waals surface area contributed by atoms with Crippen molar-refractivity contribution in [2.45, 2.75) is 44.1 Å². The lowest BCUT2D eigenvalue weighted by Crippen LogP contribution is -2.48. The predicted molar refractivity (Wildman–Crippen MR) is 92.3 cm³/mol. The highest BCUT2D eigenvalue weighted by molar-refractivity contribution is 5.94. The van der Waals surface area contributed by atoms with E-state index in [-0.39, 0.29) is 11.3 Å². The van der Waals surface area contributed by atoms with Crippen molar-refractivity contribution in [2.24, 2.45) is 0 Å². The van der Waals surface area contributed by atoms with Crippen molar-refractivity contribution in [1.82, 2.24) is 30.2 Å². The number of H-pyrrole nitrogens is 2. The molecule has 0 saturated carbocycles. The van der Waals surface area contributed by atoms with Crippen molar-refractivity contribution in [3.05, 3.63) is 34.4 Å². The Balaban J connectivity index is 1.43. The van der Waals surface area contributed by atoms with Crippen molar-refractivity contribution >= 4 is 5.91 Å². The molecule has 4 heterocycles. The SMILES string of the molecule is CN1CCc2[nH]nc(C(=O)N3CCCC4(CCc5cn[nH]c54)C3)c2C1. The van der Waals surface area contributed by atoms with Gasteiger partial charge in [-0.15, -0.1) is 0 Å². The number of fused-ring (bicyclic) bond motifs is 3. The second-order valence-corrected chi connectivity index (χ2v) is 7.90. The van der Waals surface area contributed by atoms with Crippen LogP contribution in [-0.2, 0) is 24.8 Å². The van der Waals surface area contributed by atoms with Gasteiger partial charge in [0.15, 0.2) is 5.69 Å². The van der Waals surface area contributed by atoms with E-state index in [1.807, 2.05) is 11.1 Å². The summed E-state index contributed by atoms with van der Waals surface area (Å²) in [4.78, 5) is 17.5. The highest BCUT2D eigenvalue weighted by atomic mass is 16.2. The summed E-state index contributed by atoms with van der Waals surface area (Å²) in [6.45, 7) is 3.41. The highest BCUT2D eigenvalue weighted by Crippen LogP contribution is 2.44. The molecule has 1 fully saturated rings. The van der Waals surface area contributed by atoms with Crippen LogP contribution >= 0.6 is 0 Å². The Morgan fingerprint density at radius 2 is 2.16 bits per heavy atom. The van der Waals surface area contributed by atoms with Gasteiger partial charge in [0, 0.05) is 55.0 Å². The average molecular weight is 340 g/mol. The van der Waals surface area contributed by atoms with Crippen LogP contribution in [0.5, 0.6) is 0 Å². The van der Waals surface area contributed by atoms with E-state index in [4.69, 9.17) is 0 Å². The van der Waals surface area contributed by atoms with Crippen LogP contribution in [0.15, 0.2) is 6.20 Å². The second kappa shape index (κ2) is 5.42. The number of carbonyl (C=O) groups excluding carboxylic acids is 1. The van der Waals surface area contributed by atoms with Gasteiger partial charge < -0.3 is 9.80 Å². The van der Waals surface area contributed by atoms with Crippen LogP contribution in [0.3, 0.4) is 0 Å². The fourth-order valence-electron chi connectivity index (χ4n) is 4.93. The van der Waals surface area contributed by atoms with E-state index >= 15 is 0 Å². The van der Waals surface area contributed by atoms with Gasteiger partial charge in [-0.05, 0) is 38.3 Å². The zero-order valence-corrected chi connectivity index (χ0v) is 14.6. The number of aromatic nitrogens is 4. The number of aryl methyl sites for hydroxylation is 1. The molecule has 132 valence electrons. The number of nitrogens with one attached hydrogen (secondary N) is 2. The summed E-state index contributed by atoms with van der Waals surface area (Å²) in [7, 11) is 2.10. The van der Waals surface area contributed by atoms with E-state index < -0.39 is 0 Å². The molecule has 2 aromatic rings. The second-order valence-electron chi connectivity index (χ2n) is 7.90. The maximum absolute atomic E-state index is 13.2. The van der Waals surface area contributed by atoms with Gasteiger partial charge in [-0.3, -0.25) is 15.0 Å². The predicted octanol–water partition coefficient (Wildman–Crippen LogP) is 1.24. The van der Waals surface area contributed by atoms with Crippen LogP contribution in [0, 0.1) is 0 Å². The Kier molecular flexibility index (Phi) is 3.28. The molecule has 7 nitrogen and oxygen atoms in total. The van der Waals surface area contributed by atoms with Gasteiger partial charge in [0.1, 0.15) is 0 Å². The number of piperidine rings is 1. The number of hydrogen-bond donors (Lipinski definition) is 2. The molecule has 1 atom stereocenters. The van der Waals surface area contributed by atoms with Crippen molar-refractivity contribution in [3.63, 3.8) is 0 Å². The molecule has 1 amide bonds. The molecule has 3 aliphatic rings. The highest BCUT2D eigenvalue weighted by Gasteiger charge is 2.45. The molecular formula is C18H24N6O. The first kappa shape index (κ1) is 15.1. The third-order valence-corrected chi connectivity index (χ3v) is 6.31. The summed E-state index contributed by atoms with van der Waals surface area (Å²) < 4.78 is 0. The standard InChI is InChI=1S/C18H24N6O/c1-23-8-4-14-13(10-23)15(21-20-14)17(25)24-7-2-5-18(11-24)6-3-12-9-19-22-16(12)18/h9H,2-8,10-11H2,1H3,(H,19,22)(H,20,21). The number of aromatic amines is 2. The largest absolute Gasteiger partial charge is 0.336 e. The molecule has 5 rings (SSSR count). The van der Waals surface area contributed by atoms with E-state index in [1.54, 1.807) is 0 Å². The maximum atomic E-state index is 13.2. The number of hydrogen-bond acceptors (Lipinski definition) is 4. The molecule has 1 aliphatic carbocycles. The monoisotopic (exact) mass is 340 g/mol. The van der Waals surface area contributed by atoms with Crippen LogP contribution < -0.4 is 0 Å². The summed E-state index contributed by atoms with van der Waals surface area (Å²) in [5.41, 5.74) is 5.49. The number of likely N-dealkylation sites (N-methyl/N-ethyl adjacent to an activating group) is 1. The Morgan fingerprint density at radius 1 is 1.24 bits per heavy atom.